The van der Waals surface area contributed by atoms with Crippen LogP contribution in [0.15, 0.2) is 20.4 Å². The number of halogens is 2. The molecule has 0 unspecified atom stereocenters. The van der Waals surface area contributed by atoms with Crippen molar-refractivity contribution >= 4 is 49.0 Å². The number of carbonyl (C=O) groups excluding carboxylic acids is 1. The van der Waals surface area contributed by atoms with Gasteiger partial charge in [0, 0.05) is 10.0 Å². The first-order valence-corrected chi connectivity index (χ1v) is 8.30. The summed E-state index contributed by atoms with van der Waals surface area (Å²) in [7, 11) is 0. The predicted octanol–water partition coefficient (Wildman–Crippen LogP) is 5.74. The molecule has 0 bridgehead atoms. The summed E-state index contributed by atoms with van der Waals surface area (Å²) in [5.74, 6) is 0.106. The fourth-order valence-corrected chi connectivity index (χ4v) is 4.00. The molecular weight excluding hydrogens is 388 g/mol. The van der Waals surface area contributed by atoms with Gasteiger partial charge in [-0.25, -0.2) is 0 Å². The first-order valence-electron chi connectivity index (χ1n) is 5.90. The van der Waals surface area contributed by atoms with E-state index in [1.165, 1.54) is 11.3 Å². The van der Waals surface area contributed by atoms with Gasteiger partial charge < -0.3 is 0 Å². The van der Waals surface area contributed by atoms with Gasteiger partial charge in [0.1, 0.15) is 0 Å². The average molecular weight is 402 g/mol. The molecule has 0 N–H and O–H groups in total. The Labute approximate surface area is 134 Å². The number of thiophene rings is 1. The zero-order valence-corrected chi connectivity index (χ0v) is 15.2. The van der Waals surface area contributed by atoms with Gasteiger partial charge in [-0.1, -0.05) is 22.0 Å². The van der Waals surface area contributed by atoms with E-state index in [9.17, 15) is 4.79 Å². The Bertz CT molecular complexity index is 652. The normalized spacial score (nSPS) is 10.8. The van der Waals surface area contributed by atoms with Gasteiger partial charge in [0.15, 0.2) is 0 Å². The van der Waals surface area contributed by atoms with Crippen molar-refractivity contribution in [1.82, 2.24) is 0 Å². The Morgan fingerprint density at radius 3 is 2.16 bits per heavy atom. The van der Waals surface area contributed by atoms with E-state index in [-0.39, 0.29) is 5.78 Å². The van der Waals surface area contributed by atoms with Gasteiger partial charge in [0.05, 0.1) is 8.66 Å². The van der Waals surface area contributed by atoms with Crippen LogP contribution in [0.25, 0.3) is 0 Å². The zero-order valence-electron chi connectivity index (χ0n) is 11.2. The maximum atomic E-state index is 12.7. The van der Waals surface area contributed by atoms with E-state index in [0.29, 0.717) is 0 Å². The van der Waals surface area contributed by atoms with Crippen molar-refractivity contribution in [1.29, 1.82) is 0 Å². The molecule has 1 aromatic heterocycles. The lowest BCUT2D eigenvalue weighted by molar-refractivity contribution is 0.104. The SMILES string of the molecule is Cc1cc(C(=O)c2c(C)cc(C)c(Br)c2C)sc1Br. The van der Waals surface area contributed by atoms with Crippen molar-refractivity contribution in [2.45, 2.75) is 27.7 Å². The summed E-state index contributed by atoms with van der Waals surface area (Å²) in [6.45, 7) is 8.04. The molecule has 0 radical (unpaired) electrons. The van der Waals surface area contributed by atoms with Crippen LogP contribution in [-0.2, 0) is 0 Å². The van der Waals surface area contributed by atoms with Crippen LogP contribution in [0.5, 0.6) is 0 Å². The number of ketones is 1. The molecule has 1 aromatic carbocycles. The standard InChI is InChI=1S/C15H14Br2OS/c1-7-5-8(2)13(16)10(4)12(7)14(18)11-6-9(3)15(17)19-11/h5-6H,1-4H3. The van der Waals surface area contributed by atoms with Gasteiger partial charge in [-0.15, -0.1) is 11.3 Å². The lowest BCUT2D eigenvalue weighted by Crippen LogP contribution is -2.06. The number of benzene rings is 1. The van der Waals surface area contributed by atoms with Gasteiger partial charge in [0.25, 0.3) is 0 Å². The minimum absolute atomic E-state index is 0.106. The minimum Gasteiger partial charge on any atom is -0.288 e. The molecule has 0 saturated carbocycles. The topological polar surface area (TPSA) is 17.1 Å². The molecule has 2 aromatic rings. The van der Waals surface area contributed by atoms with Crippen LogP contribution in [0.2, 0.25) is 0 Å². The lowest BCUT2D eigenvalue weighted by Gasteiger charge is -2.12. The van der Waals surface area contributed by atoms with Crippen LogP contribution in [-0.4, -0.2) is 5.78 Å². The minimum atomic E-state index is 0.106. The molecule has 0 aliphatic carbocycles. The summed E-state index contributed by atoms with van der Waals surface area (Å²) in [6.07, 6.45) is 0. The van der Waals surface area contributed by atoms with E-state index >= 15 is 0 Å². The molecule has 1 nitrogen and oxygen atoms in total. The smallest absolute Gasteiger partial charge is 0.203 e. The number of hydrogen-bond acceptors (Lipinski definition) is 2. The van der Waals surface area contributed by atoms with Gasteiger partial charge in [-0.05, 0) is 71.9 Å². The predicted molar refractivity (Wildman–Crippen MR) is 88.5 cm³/mol. The van der Waals surface area contributed by atoms with Crippen molar-refractivity contribution in [2.24, 2.45) is 0 Å². The molecule has 2 rings (SSSR count). The molecule has 0 amide bonds. The van der Waals surface area contributed by atoms with Crippen LogP contribution in [0.1, 0.15) is 37.5 Å². The number of rotatable bonds is 2. The highest BCUT2D eigenvalue weighted by molar-refractivity contribution is 9.11. The van der Waals surface area contributed by atoms with E-state index in [1.54, 1.807) is 0 Å². The molecule has 0 atom stereocenters. The van der Waals surface area contributed by atoms with E-state index in [0.717, 1.165) is 41.0 Å². The Morgan fingerprint density at radius 1 is 1.00 bits per heavy atom. The second-order valence-corrected chi connectivity index (χ2v) is 7.88. The maximum absolute atomic E-state index is 12.7. The van der Waals surface area contributed by atoms with Gasteiger partial charge >= 0.3 is 0 Å². The fourth-order valence-electron chi connectivity index (χ4n) is 2.21. The highest BCUT2D eigenvalue weighted by atomic mass is 79.9. The third-order valence-corrected chi connectivity index (χ3v) is 6.54. The van der Waals surface area contributed by atoms with E-state index in [2.05, 4.69) is 37.9 Å². The van der Waals surface area contributed by atoms with Crippen LogP contribution in [0, 0.1) is 27.7 Å². The third kappa shape index (κ3) is 2.71. The summed E-state index contributed by atoms with van der Waals surface area (Å²) < 4.78 is 2.05. The highest BCUT2D eigenvalue weighted by Crippen LogP contribution is 2.33. The summed E-state index contributed by atoms with van der Waals surface area (Å²) in [4.78, 5) is 13.5. The van der Waals surface area contributed by atoms with Crippen molar-refractivity contribution in [3.63, 3.8) is 0 Å². The second kappa shape index (κ2) is 5.51. The largest absolute Gasteiger partial charge is 0.288 e. The van der Waals surface area contributed by atoms with Crippen LogP contribution in [0.4, 0.5) is 0 Å². The monoisotopic (exact) mass is 400 g/mol. The molecule has 100 valence electrons. The summed E-state index contributed by atoms with van der Waals surface area (Å²) >= 11 is 8.54. The summed E-state index contributed by atoms with van der Waals surface area (Å²) in [6, 6.07) is 4.00. The molecule has 0 aliphatic rings. The van der Waals surface area contributed by atoms with Crippen LogP contribution in [0.3, 0.4) is 0 Å². The van der Waals surface area contributed by atoms with E-state index < -0.39 is 0 Å². The summed E-state index contributed by atoms with van der Waals surface area (Å²) in [5.41, 5.74) is 5.13. The van der Waals surface area contributed by atoms with Gasteiger partial charge in [-0.3, -0.25) is 4.79 Å². The quantitative estimate of drug-likeness (QED) is 0.586. The van der Waals surface area contributed by atoms with Crippen molar-refractivity contribution in [3.8, 4) is 0 Å². The lowest BCUT2D eigenvalue weighted by atomic mass is 9.96. The molecule has 0 saturated heterocycles. The van der Waals surface area contributed by atoms with E-state index in [1.807, 2.05) is 33.8 Å². The number of hydrogen-bond donors (Lipinski definition) is 0. The Balaban J connectivity index is 2.59. The summed E-state index contributed by atoms with van der Waals surface area (Å²) in [5, 5.41) is 0. The second-order valence-electron chi connectivity index (χ2n) is 4.72. The van der Waals surface area contributed by atoms with Crippen LogP contribution >= 0.6 is 43.2 Å². The molecule has 0 fully saturated rings. The van der Waals surface area contributed by atoms with E-state index in [4.69, 9.17) is 0 Å². The molecular formula is C15H14Br2OS. The molecule has 19 heavy (non-hydrogen) atoms. The van der Waals surface area contributed by atoms with Crippen molar-refractivity contribution < 1.29 is 4.79 Å². The Hall–Kier alpha value is -0.450. The Kier molecular flexibility index (Phi) is 4.33. The first-order chi connectivity index (χ1) is 8.82. The van der Waals surface area contributed by atoms with Crippen molar-refractivity contribution in [2.75, 3.05) is 0 Å². The maximum Gasteiger partial charge on any atom is 0.203 e. The average Bonchev–Trinajstić information content (AvgIpc) is 2.67. The number of carbonyl (C=O) groups is 1. The Morgan fingerprint density at radius 2 is 1.63 bits per heavy atom. The third-order valence-electron chi connectivity index (χ3n) is 3.19. The molecule has 4 heteroatoms. The molecule has 1 heterocycles. The molecule has 0 aliphatic heterocycles. The van der Waals surface area contributed by atoms with Crippen molar-refractivity contribution in [3.05, 3.63) is 53.1 Å². The van der Waals surface area contributed by atoms with Crippen LogP contribution < -0.4 is 0 Å². The molecule has 0 spiro atoms. The highest BCUT2D eigenvalue weighted by Gasteiger charge is 2.19. The fraction of sp³-hybridized carbons (Fsp3) is 0.267. The van der Waals surface area contributed by atoms with Gasteiger partial charge in [-0.2, -0.15) is 0 Å². The first kappa shape index (κ1) is 14.9. The number of aryl methyl sites for hydroxylation is 3. The van der Waals surface area contributed by atoms with Gasteiger partial charge in [0.2, 0.25) is 5.78 Å². The zero-order chi connectivity index (χ0) is 14.3.